The standard InChI is InChI=1S/C18H19N3O4S/c1-12-8-14-6-4-5-7-16(14)21(12)11-18(23)19-26(24,25)15-9-17(13(2)22)20(3)10-15/h4-10H,11H2,1-3H3,(H,19,23). The monoisotopic (exact) mass is 373 g/mol. The predicted molar refractivity (Wildman–Crippen MR) is 97.4 cm³/mol. The summed E-state index contributed by atoms with van der Waals surface area (Å²) in [5, 5.41) is 0.981. The van der Waals surface area contributed by atoms with Gasteiger partial charge in [-0.2, -0.15) is 0 Å². The number of aromatic nitrogens is 2. The quantitative estimate of drug-likeness (QED) is 0.693. The Balaban J connectivity index is 1.84. The first-order valence-electron chi connectivity index (χ1n) is 7.97. The van der Waals surface area contributed by atoms with Crippen molar-refractivity contribution in [3.05, 3.63) is 54.0 Å². The van der Waals surface area contributed by atoms with Crippen LogP contribution in [0.3, 0.4) is 0 Å². The van der Waals surface area contributed by atoms with Gasteiger partial charge in [0.25, 0.3) is 15.9 Å². The Morgan fingerprint density at radius 1 is 1.15 bits per heavy atom. The Kier molecular flexibility index (Phi) is 4.45. The third kappa shape index (κ3) is 3.28. The lowest BCUT2D eigenvalue weighted by Gasteiger charge is -2.09. The molecule has 2 heterocycles. The minimum absolute atomic E-state index is 0.118. The van der Waals surface area contributed by atoms with Crippen molar-refractivity contribution < 1.29 is 18.0 Å². The second kappa shape index (κ2) is 6.45. The van der Waals surface area contributed by atoms with E-state index in [-0.39, 0.29) is 22.9 Å². The minimum atomic E-state index is -4.05. The molecule has 0 aliphatic heterocycles. The van der Waals surface area contributed by atoms with Gasteiger partial charge >= 0.3 is 0 Å². The molecule has 0 bridgehead atoms. The summed E-state index contributed by atoms with van der Waals surface area (Å²) in [6.07, 6.45) is 1.31. The van der Waals surface area contributed by atoms with Gasteiger partial charge in [-0.05, 0) is 30.5 Å². The maximum Gasteiger partial charge on any atom is 0.265 e. The smallest absolute Gasteiger partial charge is 0.265 e. The van der Waals surface area contributed by atoms with Gasteiger partial charge in [-0.25, -0.2) is 13.1 Å². The van der Waals surface area contributed by atoms with E-state index in [1.807, 2.05) is 37.3 Å². The molecule has 8 heteroatoms. The average molecular weight is 373 g/mol. The number of benzene rings is 1. The van der Waals surface area contributed by atoms with Crippen LogP contribution in [0.15, 0.2) is 47.5 Å². The van der Waals surface area contributed by atoms with Crippen molar-refractivity contribution >= 4 is 32.6 Å². The van der Waals surface area contributed by atoms with Crippen LogP contribution in [0.25, 0.3) is 10.9 Å². The summed E-state index contributed by atoms with van der Waals surface area (Å²) >= 11 is 0. The van der Waals surface area contributed by atoms with Crippen LogP contribution in [0, 0.1) is 6.92 Å². The molecule has 26 heavy (non-hydrogen) atoms. The van der Waals surface area contributed by atoms with E-state index >= 15 is 0 Å². The maximum absolute atomic E-state index is 12.4. The number of hydrogen-bond acceptors (Lipinski definition) is 4. The van der Waals surface area contributed by atoms with Crippen LogP contribution in [0.2, 0.25) is 0 Å². The number of Topliss-reactive ketones (excluding diaryl/α,β-unsaturated/α-hetero) is 1. The molecule has 0 aliphatic rings. The lowest BCUT2D eigenvalue weighted by atomic mass is 10.2. The number of amides is 1. The van der Waals surface area contributed by atoms with Crippen molar-refractivity contribution in [2.75, 3.05) is 0 Å². The van der Waals surface area contributed by atoms with E-state index in [4.69, 9.17) is 0 Å². The van der Waals surface area contributed by atoms with Crippen LogP contribution in [0.4, 0.5) is 0 Å². The average Bonchev–Trinajstić information content (AvgIpc) is 3.08. The summed E-state index contributed by atoms with van der Waals surface area (Å²) in [6.45, 7) is 3.09. The van der Waals surface area contributed by atoms with Gasteiger partial charge in [-0.1, -0.05) is 18.2 Å². The first kappa shape index (κ1) is 17.9. The molecule has 1 N–H and O–H groups in total. The molecule has 0 unspecified atom stereocenters. The van der Waals surface area contributed by atoms with E-state index in [1.54, 1.807) is 11.6 Å². The van der Waals surface area contributed by atoms with Gasteiger partial charge in [0.1, 0.15) is 11.4 Å². The van der Waals surface area contributed by atoms with Gasteiger partial charge in [-0.15, -0.1) is 0 Å². The minimum Gasteiger partial charge on any atom is -0.347 e. The number of ketones is 1. The van der Waals surface area contributed by atoms with Crippen molar-refractivity contribution in [2.45, 2.75) is 25.3 Å². The predicted octanol–water partition coefficient (Wildman–Crippen LogP) is 2.00. The van der Waals surface area contributed by atoms with Gasteiger partial charge in [0.15, 0.2) is 5.78 Å². The highest BCUT2D eigenvalue weighted by Gasteiger charge is 2.22. The summed E-state index contributed by atoms with van der Waals surface area (Å²) < 4.78 is 30.1. The second-order valence-corrected chi connectivity index (χ2v) is 7.87. The number of nitrogens with zero attached hydrogens (tertiary/aromatic N) is 2. The highest BCUT2D eigenvalue weighted by molar-refractivity contribution is 7.90. The molecule has 0 fully saturated rings. The fourth-order valence-electron chi connectivity index (χ4n) is 2.97. The zero-order chi connectivity index (χ0) is 19.1. The number of fused-ring (bicyclic) bond motifs is 1. The molecule has 7 nitrogen and oxygen atoms in total. The van der Waals surface area contributed by atoms with Crippen LogP contribution < -0.4 is 4.72 Å². The van der Waals surface area contributed by atoms with E-state index in [0.717, 1.165) is 16.6 Å². The zero-order valence-corrected chi connectivity index (χ0v) is 15.5. The largest absolute Gasteiger partial charge is 0.347 e. The molecule has 0 aliphatic carbocycles. The highest BCUT2D eigenvalue weighted by atomic mass is 32.2. The SMILES string of the molecule is CC(=O)c1cc(S(=O)(=O)NC(=O)Cn2c(C)cc3ccccc32)cn1C. The van der Waals surface area contributed by atoms with Crippen LogP contribution in [0.5, 0.6) is 0 Å². The summed E-state index contributed by atoms with van der Waals surface area (Å²) in [7, 11) is -2.47. The maximum atomic E-state index is 12.4. The van der Waals surface area contributed by atoms with Crippen molar-refractivity contribution in [3.63, 3.8) is 0 Å². The fourth-order valence-corrected chi connectivity index (χ4v) is 4.02. The fraction of sp³-hybridized carbons (Fsp3) is 0.222. The molecule has 3 aromatic rings. The molecular weight excluding hydrogens is 354 g/mol. The van der Waals surface area contributed by atoms with Crippen LogP contribution in [-0.4, -0.2) is 29.2 Å². The summed E-state index contributed by atoms with van der Waals surface area (Å²) in [5.41, 5.74) is 1.97. The number of para-hydroxylation sites is 1. The number of aryl methyl sites for hydroxylation is 2. The van der Waals surface area contributed by atoms with Crippen molar-refractivity contribution in [2.24, 2.45) is 7.05 Å². The number of nitrogens with one attached hydrogen (secondary N) is 1. The number of rotatable bonds is 5. The molecule has 0 atom stereocenters. The molecule has 0 saturated carbocycles. The highest BCUT2D eigenvalue weighted by Crippen LogP contribution is 2.19. The van der Waals surface area contributed by atoms with E-state index < -0.39 is 15.9 Å². The van der Waals surface area contributed by atoms with E-state index in [0.29, 0.717) is 0 Å². The molecule has 1 aromatic carbocycles. The van der Waals surface area contributed by atoms with E-state index in [2.05, 4.69) is 4.72 Å². The Morgan fingerprint density at radius 2 is 1.85 bits per heavy atom. The Bertz CT molecular complexity index is 1120. The number of hydrogen-bond donors (Lipinski definition) is 1. The Morgan fingerprint density at radius 3 is 2.50 bits per heavy atom. The number of carbonyl (C=O) groups excluding carboxylic acids is 2. The third-order valence-corrected chi connectivity index (χ3v) is 5.56. The Hall–Kier alpha value is -2.87. The summed E-state index contributed by atoms with van der Waals surface area (Å²) in [6, 6.07) is 10.8. The molecule has 0 radical (unpaired) electrons. The third-order valence-electron chi connectivity index (χ3n) is 4.22. The molecule has 136 valence electrons. The first-order valence-corrected chi connectivity index (χ1v) is 9.45. The van der Waals surface area contributed by atoms with Gasteiger partial charge in [-0.3, -0.25) is 9.59 Å². The van der Waals surface area contributed by atoms with E-state index in [1.165, 1.54) is 23.8 Å². The molecule has 2 aromatic heterocycles. The molecular formula is C18H19N3O4S. The molecule has 1 amide bonds. The second-order valence-electron chi connectivity index (χ2n) is 6.19. The lowest BCUT2D eigenvalue weighted by Crippen LogP contribution is -2.33. The molecule has 0 spiro atoms. The summed E-state index contributed by atoms with van der Waals surface area (Å²) in [5.74, 6) is -0.905. The van der Waals surface area contributed by atoms with Gasteiger partial charge in [0, 0.05) is 31.4 Å². The Labute approximate surface area is 151 Å². The van der Waals surface area contributed by atoms with Crippen LogP contribution in [0.1, 0.15) is 23.1 Å². The molecule has 0 saturated heterocycles. The topological polar surface area (TPSA) is 90.2 Å². The normalized spacial score (nSPS) is 11.7. The van der Waals surface area contributed by atoms with E-state index in [9.17, 15) is 18.0 Å². The lowest BCUT2D eigenvalue weighted by molar-refractivity contribution is -0.119. The molecule has 3 rings (SSSR count). The van der Waals surface area contributed by atoms with Crippen molar-refractivity contribution in [1.82, 2.24) is 13.9 Å². The van der Waals surface area contributed by atoms with Gasteiger partial charge in [0.05, 0.1) is 5.69 Å². The number of carbonyl (C=O) groups is 2. The van der Waals surface area contributed by atoms with Gasteiger partial charge < -0.3 is 9.13 Å². The van der Waals surface area contributed by atoms with Crippen molar-refractivity contribution in [1.29, 1.82) is 0 Å². The number of sulfonamides is 1. The van der Waals surface area contributed by atoms with Crippen molar-refractivity contribution in [3.8, 4) is 0 Å². The van der Waals surface area contributed by atoms with Crippen LogP contribution >= 0.6 is 0 Å². The zero-order valence-electron chi connectivity index (χ0n) is 14.7. The van der Waals surface area contributed by atoms with Crippen LogP contribution in [-0.2, 0) is 28.4 Å². The first-order chi connectivity index (χ1) is 12.2. The summed E-state index contributed by atoms with van der Waals surface area (Å²) in [4.78, 5) is 23.7. The van der Waals surface area contributed by atoms with Gasteiger partial charge in [0.2, 0.25) is 0 Å².